The van der Waals surface area contributed by atoms with Crippen LogP contribution in [0.2, 0.25) is 0 Å². The van der Waals surface area contributed by atoms with Gasteiger partial charge in [-0.3, -0.25) is 14.8 Å². The zero-order chi connectivity index (χ0) is 12.1. The van der Waals surface area contributed by atoms with Gasteiger partial charge in [-0.15, -0.1) is 5.10 Å². The number of anilines is 1. The number of carbonyl (C=O) groups is 1. The third kappa shape index (κ3) is 3.12. The molecule has 1 aromatic heterocycles. The van der Waals surface area contributed by atoms with E-state index in [-0.39, 0.29) is 18.1 Å². The molecule has 0 fully saturated rings. The molecular formula is C7H12N6O3. The molecule has 0 spiro atoms. The largest absolute Gasteiger partial charge is 0.361 e. The minimum atomic E-state index is -0.641. The van der Waals surface area contributed by atoms with E-state index in [0.717, 1.165) is 0 Å². The van der Waals surface area contributed by atoms with Gasteiger partial charge in [0, 0.05) is 20.1 Å². The number of urea groups is 1. The molecule has 0 atom stereocenters. The molecular weight excluding hydrogens is 216 g/mol. The topological polar surface area (TPSA) is 128 Å². The van der Waals surface area contributed by atoms with E-state index in [1.165, 1.54) is 10.9 Å². The Morgan fingerprint density at radius 2 is 2.38 bits per heavy atom. The van der Waals surface area contributed by atoms with E-state index >= 15 is 0 Å². The monoisotopic (exact) mass is 228 g/mol. The first-order chi connectivity index (χ1) is 7.50. The lowest BCUT2D eigenvalue weighted by atomic mass is 10.5. The molecule has 0 aliphatic rings. The zero-order valence-electron chi connectivity index (χ0n) is 8.64. The second-order valence-corrected chi connectivity index (χ2v) is 3.01. The van der Waals surface area contributed by atoms with Crippen molar-refractivity contribution in [1.29, 1.82) is 0 Å². The Morgan fingerprint density at radius 1 is 1.69 bits per heavy atom. The zero-order valence-corrected chi connectivity index (χ0v) is 8.64. The number of nitrogens with one attached hydrogen (secondary N) is 2. The molecule has 1 aromatic rings. The fraction of sp³-hybridized carbons (Fsp3) is 0.429. The lowest BCUT2D eigenvalue weighted by Gasteiger charge is -2.02. The summed E-state index contributed by atoms with van der Waals surface area (Å²) < 4.78 is 1.34. The molecule has 16 heavy (non-hydrogen) atoms. The van der Waals surface area contributed by atoms with Crippen molar-refractivity contribution >= 4 is 17.5 Å². The van der Waals surface area contributed by atoms with Crippen molar-refractivity contribution in [3.05, 3.63) is 16.3 Å². The minimum absolute atomic E-state index is 0.110. The van der Waals surface area contributed by atoms with Gasteiger partial charge in [-0.05, 0) is 0 Å². The van der Waals surface area contributed by atoms with Crippen LogP contribution in [-0.4, -0.2) is 33.8 Å². The average molecular weight is 228 g/mol. The fourth-order valence-electron chi connectivity index (χ4n) is 1.10. The summed E-state index contributed by atoms with van der Waals surface area (Å²) in [5.74, 6) is 0.166. The van der Waals surface area contributed by atoms with Crippen molar-refractivity contribution in [3.63, 3.8) is 0 Å². The van der Waals surface area contributed by atoms with Crippen molar-refractivity contribution in [2.75, 3.05) is 18.4 Å². The maximum Gasteiger partial charge on any atom is 0.330 e. The summed E-state index contributed by atoms with van der Waals surface area (Å²) in [5.41, 5.74) is 4.74. The standard InChI is InChI=1S/C7H12N6O3/c1-12-4-5(13(15)16)6(11-12)9-2-3-10-7(8)14/h4H,2-3H2,1H3,(H,9,11)(H3,8,10,14). The first-order valence-electron chi connectivity index (χ1n) is 4.46. The van der Waals surface area contributed by atoms with Gasteiger partial charge in [-0.2, -0.15) is 0 Å². The van der Waals surface area contributed by atoms with Crippen molar-refractivity contribution in [1.82, 2.24) is 15.1 Å². The highest BCUT2D eigenvalue weighted by molar-refractivity contribution is 5.71. The summed E-state index contributed by atoms with van der Waals surface area (Å²) in [6, 6.07) is -0.641. The molecule has 0 aliphatic heterocycles. The number of carbonyl (C=O) groups excluding carboxylic acids is 1. The van der Waals surface area contributed by atoms with Gasteiger partial charge in [0.15, 0.2) is 0 Å². The molecule has 4 N–H and O–H groups in total. The van der Waals surface area contributed by atoms with Crippen molar-refractivity contribution in [3.8, 4) is 0 Å². The molecule has 0 saturated heterocycles. The number of aryl methyl sites for hydroxylation is 1. The average Bonchev–Trinajstić information content (AvgIpc) is 2.54. The quantitative estimate of drug-likeness (QED) is 0.352. The molecule has 0 aromatic carbocycles. The fourth-order valence-corrected chi connectivity index (χ4v) is 1.10. The molecule has 0 bridgehead atoms. The van der Waals surface area contributed by atoms with Gasteiger partial charge < -0.3 is 16.4 Å². The maximum atomic E-state index is 10.6. The van der Waals surface area contributed by atoms with E-state index in [2.05, 4.69) is 15.7 Å². The van der Waals surface area contributed by atoms with Crippen LogP contribution in [0.4, 0.5) is 16.3 Å². The molecule has 0 aliphatic carbocycles. The van der Waals surface area contributed by atoms with E-state index < -0.39 is 11.0 Å². The second-order valence-electron chi connectivity index (χ2n) is 3.01. The van der Waals surface area contributed by atoms with E-state index in [9.17, 15) is 14.9 Å². The summed E-state index contributed by atoms with van der Waals surface area (Å²) >= 11 is 0. The Kier molecular flexibility index (Phi) is 3.64. The number of hydrogen-bond acceptors (Lipinski definition) is 5. The predicted molar refractivity (Wildman–Crippen MR) is 55.9 cm³/mol. The second kappa shape index (κ2) is 4.96. The summed E-state index contributed by atoms with van der Waals surface area (Å²) in [7, 11) is 1.58. The molecule has 0 saturated carbocycles. The molecule has 0 unspecified atom stereocenters. The van der Waals surface area contributed by atoms with E-state index in [1.54, 1.807) is 7.05 Å². The SMILES string of the molecule is Cn1cc([N+](=O)[O-])c(NCCNC(N)=O)n1. The normalized spacial score (nSPS) is 9.81. The van der Waals surface area contributed by atoms with Crippen LogP contribution in [0.1, 0.15) is 0 Å². The van der Waals surface area contributed by atoms with E-state index in [1.807, 2.05) is 0 Å². The Hall–Kier alpha value is -2.32. The smallest absolute Gasteiger partial charge is 0.330 e. The van der Waals surface area contributed by atoms with Crippen molar-refractivity contribution in [2.45, 2.75) is 0 Å². The summed E-state index contributed by atoms with van der Waals surface area (Å²) in [6.07, 6.45) is 1.30. The Labute approximate surface area is 90.8 Å². The number of nitro groups is 1. The van der Waals surface area contributed by atoms with Gasteiger partial charge in [0.2, 0.25) is 5.82 Å². The highest BCUT2D eigenvalue weighted by Crippen LogP contribution is 2.20. The van der Waals surface area contributed by atoms with Crippen LogP contribution in [0.15, 0.2) is 6.20 Å². The first kappa shape index (κ1) is 11.8. The van der Waals surface area contributed by atoms with Crippen LogP contribution in [0.3, 0.4) is 0 Å². The van der Waals surface area contributed by atoms with Crippen molar-refractivity contribution in [2.24, 2.45) is 12.8 Å². The number of nitrogens with two attached hydrogens (primary N) is 1. The van der Waals surface area contributed by atoms with Crippen LogP contribution in [-0.2, 0) is 7.05 Å². The van der Waals surface area contributed by atoms with Crippen LogP contribution in [0.25, 0.3) is 0 Å². The molecule has 88 valence electrons. The highest BCUT2D eigenvalue weighted by Gasteiger charge is 2.17. The molecule has 1 heterocycles. The molecule has 9 heteroatoms. The molecule has 1 rings (SSSR count). The number of hydrogen-bond donors (Lipinski definition) is 3. The van der Waals surface area contributed by atoms with E-state index in [0.29, 0.717) is 6.54 Å². The number of rotatable bonds is 5. The van der Waals surface area contributed by atoms with Crippen LogP contribution < -0.4 is 16.4 Å². The summed E-state index contributed by atoms with van der Waals surface area (Å²) in [6.45, 7) is 0.573. The van der Waals surface area contributed by atoms with Crippen LogP contribution in [0, 0.1) is 10.1 Å². The summed E-state index contributed by atoms with van der Waals surface area (Å²) in [5, 5.41) is 19.5. The third-order valence-electron chi connectivity index (χ3n) is 1.72. The minimum Gasteiger partial charge on any atom is -0.361 e. The molecule has 9 nitrogen and oxygen atoms in total. The van der Waals surface area contributed by atoms with Gasteiger partial charge in [0.1, 0.15) is 6.20 Å². The number of nitrogens with zero attached hydrogens (tertiary/aromatic N) is 3. The van der Waals surface area contributed by atoms with Gasteiger partial charge in [0.05, 0.1) is 4.92 Å². The van der Waals surface area contributed by atoms with Crippen LogP contribution >= 0.6 is 0 Å². The van der Waals surface area contributed by atoms with Gasteiger partial charge in [-0.25, -0.2) is 4.79 Å². The number of primary amides is 1. The van der Waals surface area contributed by atoms with Gasteiger partial charge in [0.25, 0.3) is 0 Å². The Morgan fingerprint density at radius 3 is 2.94 bits per heavy atom. The molecule has 0 radical (unpaired) electrons. The highest BCUT2D eigenvalue weighted by atomic mass is 16.6. The van der Waals surface area contributed by atoms with Crippen LogP contribution in [0.5, 0.6) is 0 Å². The molecule has 2 amide bonds. The summed E-state index contributed by atoms with van der Waals surface area (Å²) in [4.78, 5) is 20.4. The number of aromatic nitrogens is 2. The lowest BCUT2D eigenvalue weighted by molar-refractivity contribution is -0.384. The van der Waals surface area contributed by atoms with Gasteiger partial charge >= 0.3 is 11.7 Å². The maximum absolute atomic E-state index is 10.6. The van der Waals surface area contributed by atoms with Gasteiger partial charge in [-0.1, -0.05) is 0 Å². The Bertz CT molecular complexity index is 401. The predicted octanol–water partition coefficient (Wildman–Crippen LogP) is -0.592. The third-order valence-corrected chi connectivity index (χ3v) is 1.72. The number of amides is 2. The van der Waals surface area contributed by atoms with E-state index in [4.69, 9.17) is 5.73 Å². The van der Waals surface area contributed by atoms with Crippen molar-refractivity contribution < 1.29 is 9.72 Å². The first-order valence-corrected chi connectivity index (χ1v) is 4.46. The Balaban J connectivity index is 2.53. The lowest BCUT2D eigenvalue weighted by Crippen LogP contribution is -2.33.